The van der Waals surface area contributed by atoms with Crippen molar-refractivity contribution in [1.29, 1.82) is 0 Å². The molecule has 0 unspecified atom stereocenters. The zero-order valence-corrected chi connectivity index (χ0v) is 21.8. The zero-order valence-electron chi connectivity index (χ0n) is 21.8. The van der Waals surface area contributed by atoms with E-state index in [1.165, 1.54) is 51.8 Å². The average molecular weight is 422 g/mol. The van der Waals surface area contributed by atoms with Crippen molar-refractivity contribution in [2.24, 2.45) is 5.92 Å². The summed E-state index contributed by atoms with van der Waals surface area (Å²) < 4.78 is 0. The zero-order chi connectivity index (χ0) is 23.6. The van der Waals surface area contributed by atoms with Gasteiger partial charge >= 0.3 is 0 Å². The highest BCUT2D eigenvalue weighted by molar-refractivity contribution is 5.77. The van der Waals surface area contributed by atoms with Crippen molar-refractivity contribution >= 4 is 5.57 Å². The number of rotatable bonds is 7. The van der Waals surface area contributed by atoms with Crippen LogP contribution in [0.4, 0.5) is 0 Å². The number of piperidine rings is 1. The lowest BCUT2D eigenvalue weighted by atomic mass is 9.81. The van der Waals surface area contributed by atoms with Crippen molar-refractivity contribution in [1.82, 2.24) is 5.32 Å². The lowest BCUT2D eigenvalue weighted by Gasteiger charge is -2.25. The summed E-state index contributed by atoms with van der Waals surface area (Å²) in [5.41, 5.74) is 11.0. The third kappa shape index (κ3) is 7.35. The SMILES string of the molecule is C=C(C)\C(C)=C/C(=C\C)C(/CC)=C(/c1ccc(C2CCNCC2)cc1C)C(C)C.CC. The topological polar surface area (TPSA) is 12.0 Å². The Labute approximate surface area is 193 Å². The maximum atomic E-state index is 4.12. The fourth-order valence-corrected chi connectivity index (χ4v) is 4.47. The van der Waals surface area contributed by atoms with Gasteiger partial charge in [0.25, 0.3) is 0 Å². The van der Waals surface area contributed by atoms with Crippen LogP contribution in [0.15, 0.2) is 59.2 Å². The minimum absolute atomic E-state index is 0.474. The smallest absolute Gasteiger partial charge is 0.00431 e. The Morgan fingerprint density at radius 2 is 1.77 bits per heavy atom. The molecular formula is C30H47N. The van der Waals surface area contributed by atoms with E-state index in [1.807, 2.05) is 13.8 Å². The summed E-state index contributed by atoms with van der Waals surface area (Å²) >= 11 is 0. The van der Waals surface area contributed by atoms with Crippen LogP contribution >= 0.6 is 0 Å². The quantitative estimate of drug-likeness (QED) is 0.434. The number of hydrogen-bond donors (Lipinski definition) is 1. The highest BCUT2D eigenvalue weighted by atomic mass is 14.9. The molecule has 0 radical (unpaired) electrons. The van der Waals surface area contributed by atoms with Gasteiger partial charge in [-0.3, -0.25) is 0 Å². The first-order chi connectivity index (χ1) is 14.8. The van der Waals surface area contributed by atoms with E-state index < -0.39 is 0 Å². The molecule has 31 heavy (non-hydrogen) atoms. The van der Waals surface area contributed by atoms with Gasteiger partial charge < -0.3 is 5.32 Å². The Hall–Kier alpha value is -1.86. The Morgan fingerprint density at radius 1 is 1.16 bits per heavy atom. The molecule has 0 aliphatic carbocycles. The lowest BCUT2D eigenvalue weighted by Crippen LogP contribution is -2.26. The molecule has 0 bridgehead atoms. The molecule has 0 amide bonds. The van der Waals surface area contributed by atoms with E-state index in [4.69, 9.17) is 0 Å². The van der Waals surface area contributed by atoms with Gasteiger partial charge in [-0.1, -0.05) is 77.1 Å². The van der Waals surface area contributed by atoms with Crippen LogP contribution in [0.1, 0.15) is 97.3 Å². The molecular weight excluding hydrogens is 374 g/mol. The third-order valence-corrected chi connectivity index (χ3v) is 6.31. The first kappa shape index (κ1) is 27.2. The van der Waals surface area contributed by atoms with Crippen molar-refractivity contribution in [2.75, 3.05) is 13.1 Å². The molecule has 1 heterocycles. The first-order valence-corrected chi connectivity index (χ1v) is 12.4. The Balaban J connectivity index is 0.00000233. The second-order valence-corrected chi connectivity index (χ2v) is 8.85. The van der Waals surface area contributed by atoms with Crippen molar-refractivity contribution in [3.8, 4) is 0 Å². The second kappa shape index (κ2) is 13.5. The largest absolute Gasteiger partial charge is 0.317 e. The molecule has 172 valence electrons. The number of aryl methyl sites for hydroxylation is 1. The van der Waals surface area contributed by atoms with Crippen LogP contribution < -0.4 is 5.32 Å². The number of nitrogens with one attached hydrogen (secondary N) is 1. The standard InChI is InChI=1S/C28H41N.C2H6/c1-9-23(17-21(7)19(3)4)26(10-2)28(20(5)6)27-12-11-25(18-22(27)8)24-13-15-29-16-14-24;1-2/h9,11-12,17-18,20,24,29H,3,10,13-16H2,1-2,4-8H3;1-2H3/b21-17-,23-9+,28-26+;. The monoisotopic (exact) mass is 421 g/mol. The van der Waals surface area contributed by atoms with Crippen molar-refractivity contribution < 1.29 is 0 Å². The summed E-state index contributed by atoms with van der Waals surface area (Å²) in [5, 5.41) is 3.48. The van der Waals surface area contributed by atoms with Gasteiger partial charge in [-0.25, -0.2) is 0 Å². The lowest BCUT2D eigenvalue weighted by molar-refractivity contribution is 0.460. The predicted molar refractivity (Wildman–Crippen MR) is 142 cm³/mol. The molecule has 1 saturated heterocycles. The van der Waals surface area contributed by atoms with Gasteiger partial charge in [-0.15, -0.1) is 0 Å². The van der Waals surface area contributed by atoms with E-state index in [1.54, 1.807) is 0 Å². The highest BCUT2D eigenvalue weighted by Crippen LogP contribution is 2.36. The molecule has 1 nitrogen and oxygen atoms in total. The summed E-state index contributed by atoms with van der Waals surface area (Å²) in [6.07, 6.45) is 8.09. The molecule has 1 aliphatic heterocycles. The normalized spacial score (nSPS) is 16.6. The second-order valence-electron chi connectivity index (χ2n) is 8.85. The first-order valence-electron chi connectivity index (χ1n) is 12.4. The maximum Gasteiger partial charge on any atom is -0.00431 e. The summed E-state index contributed by atoms with van der Waals surface area (Å²) in [7, 11) is 0. The van der Waals surface area contributed by atoms with Crippen LogP contribution in [0.25, 0.3) is 5.57 Å². The molecule has 1 aromatic carbocycles. The van der Waals surface area contributed by atoms with Crippen LogP contribution in [-0.2, 0) is 0 Å². The molecule has 1 fully saturated rings. The number of hydrogen-bond acceptors (Lipinski definition) is 1. The van der Waals surface area contributed by atoms with Crippen LogP contribution in [0.3, 0.4) is 0 Å². The van der Waals surface area contributed by atoms with Gasteiger partial charge in [0.1, 0.15) is 0 Å². The predicted octanol–water partition coefficient (Wildman–Crippen LogP) is 8.78. The fraction of sp³-hybridized carbons (Fsp3) is 0.533. The van der Waals surface area contributed by atoms with Crippen LogP contribution in [0.5, 0.6) is 0 Å². The van der Waals surface area contributed by atoms with Gasteiger partial charge in [-0.2, -0.15) is 0 Å². The summed E-state index contributed by atoms with van der Waals surface area (Å²) in [6.45, 7) is 26.0. The fourth-order valence-electron chi connectivity index (χ4n) is 4.47. The minimum Gasteiger partial charge on any atom is -0.317 e. The molecule has 0 aromatic heterocycles. The Kier molecular flexibility index (Phi) is 11.9. The van der Waals surface area contributed by atoms with Gasteiger partial charge in [0.15, 0.2) is 0 Å². The van der Waals surface area contributed by atoms with Gasteiger partial charge in [0, 0.05) is 0 Å². The molecule has 0 spiro atoms. The molecule has 0 atom stereocenters. The van der Waals surface area contributed by atoms with Gasteiger partial charge in [-0.05, 0) is 111 Å². The average Bonchev–Trinajstić information content (AvgIpc) is 2.78. The van der Waals surface area contributed by atoms with Gasteiger partial charge in [0.05, 0.1) is 0 Å². The molecule has 0 saturated carbocycles. The highest BCUT2D eigenvalue weighted by Gasteiger charge is 2.19. The number of allylic oxidation sites excluding steroid dienone is 7. The van der Waals surface area contributed by atoms with E-state index in [0.717, 1.165) is 25.1 Å². The summed E-state index contributed by atoms with van der Waals surface area (Å²) in [4.78, 5) is 0. The Bertz CT molecular complexity index is 811. The van der Waals surface area contributed by atoms with Crippen LogP contribution in [0.2, 0.25) is 0 Å². The third-order valence-electron chi connectivity index (χ3n) is 6.31. The minimum atomic E-state index is 0.474. The van der Waals surface area contributed by atoms with E-state index in [9.17, 15) is 0 Å². The molecule has 1 heteroatoms. The van der Waals surface area contributed by atoms with Crippen molar-refractivity contribution in [3.05, 3.63) is 75.9 Å². The maximum absolute atomic E-state index is 4.12. The van der Waals surface area contributed by atoms with Gasteiger partial charge in [0.2, 0.25) is 0 Å². The van der Waals surface area contributed by atoms with Crippen LogP contribution in [-0.4, -0.2) is 13.1 Å². The number of benzene rings is 1. The molecule has 1 N–H and O–H groups in total. The van der Waals surface area contributed by atoms with E-state index in [2.05, 4.69) is 90.7 Å². The molecule has 1 aromatic rings. The summed E-state index contributed by atoms with van der Waals surface area (Å²) in [5.74, 6) is 1.18. The molecule has 2 rings (SSSR count). The van der Waals surface area contributed by atoms with E-state index in [0.29, 0.717) is 11.8 Å². The van der Waals surface area contributed by atoms with Crippen LogP contribution in [0, 0.1) is 12.8 Å². The summed E-state index contributed by atoms with van der Waals surface area (Å²) in [6, 6.07) is 7.23. The Morgan fingerprint density at radius 3 is 2.23 bits per heavy atom. The van der Waals surface area contributed by atoms with Crippen molar-refractivity contribution in [3.63, 3.8) is 0 Å². The van der Waals surface area contributed by atoms with Crippen molar-refractivity contribution in [2.45, 2.75) is 87.5 Å². The van der Waals surface area contributed by atoms with E-state index >= 15 is 0 Å². The molecule has 1 aliphatic rings. The van der Waals surface area contributed by atoms with E-state index in [-0.39, 0.29) is 0 Å².